The lowest BCUT2D eigenvalue weighted by atomic mass is 10.2. The molecule has 5 heteroatoms. The van der Waals surface area contributed by atoms with E-state index in [1.807, 2.05) is 11.8 Å². The van der Waals surface area contributed by atoms with Crippen LogP contribution in [0.25, 0.3) is 10.4 Å². The molecule has 0 aromatic heterocycles. The van der Waals surface area contributed by atoms with Crippen LogP contribution in [0.15, 0.2) is 5.11 Å². The summed E-state index contributed by atoms with van der Waals surface area (Å²) in [6, 6.07) is 0. The zero-order valence-electron chi connectivity index (χ0n) is 6.53. The summed E-state index contributed by atoms with van der Waals surface area (Å²) < 4.78 is 0. The van der Waals surface area contributed by atoms with E-state index in [0.717, 1.165) is 12.5 Å². The second-order valence-electron chi connectivity index (χ2n) is 2.75. The lowest BCUT2D eigenvalue weighted by molar-refractivity contribution is 0.523. The molecule has 0 spiro atoms. The highest BCUT2D eigenvalue weighted by molar-refractivity contribution is 7.99. The first kappa shape index (κ1) is 8.71. The molecule has 62 valence electrons. The maximum Gasteiger partial charge on any atom is 0.0588 e. The molecule has 0 bridgehead atoms. The summed E-state index contributed by atoms with van der Waals surface area (Å²) in [6.45, 7) is 3.82. The van der Waals surface area contributed by atoms with Crippen molar-refractivity contribution < 1.29 is 0 Å². The van der Waals surface area contributed by atoms with Crippen molar-refractivity contribution in [1.82, 2.24) is 5.32 Å². The Labute approximate surface area is 70.4 Å². The third kappa shape index (κ3) is 3.01. The Bertz CT molecular complexity index is 158. The minimum Gasteiger partial charge on any atom is -0.305 e. The number of hydrogen-bond acceptors (Lipinski definition) is 3. The fourth-order valence-electron chi connectivity index (χ4n) is 0.959. The predicted octanol–water partition coefficient (Wildman–Crippen LogP) is 1.60. The highest BCUT2D eigenvalue weighted by Crippen LogP contribution is 2.18. The van der Waals surface area contributed by atoms with E-state index in [1.54, 1.807) is 0 Å². The van der Waals surface area contributed by atoms with Crippen molar-refractivity contribution in [2.45, 2.75) is 12.3 Å². The maximum absolute atomic E-state index is 8.07. The number of rotatable bonds is 2. The van der Waals surface area contributed by atoms with Gasteiger partial charge in [-0.1, -0.05) is 12.0 Å². The van der Waals surface area contributed by atoms with E-state index in [9.17, 15) is 0 Å². The molecule has 0 aliphatic carbocycles. The van der Waals surface area contributed by atoms with Crippen LogP contribution < -0.4 is 5.32 Å². The first-order valence-corrected chi connectivity index (χ1v) is 4.73. The van der Waals surface area contributed by atoms with Crippen LogP contribution in [0, 0.1) is 5.92 Å². The Morgan fingerprint density at radius 2 is 2.64 bits per heavy atom. The lowest BCUT2D eigenvalue weighted by Gasteiger charge is -2.25. The Balaban J connectivity index is 2.22. The van der Waals surface area contributed by atoms with E-state index in [4.69, 9.17) is 5.53 Å². The molecule has 1 aliphatic rings. The average molecular weight is 172 g/mol. The fourth-order valence-corrected chi connectivity index (χ4v) is 2.02. The fraction of sp³-hybridized carbons (Fsp3) is 1.00. The van der Waals surface area contributed by atoms with Crippen LogP contribution in [0.2, 0.25) is 0 Å². The van der Waals surface area contributed by atoms with Gasteiger partial charge in [0.25, 0.3) is 0 Å². The second-order valence-corrected chi connectivity index (χ2v) is 3.98. The van der Waals surface area contributed by atoms with E-state index >= 15 is 0 Å². The van der Waals surface area contributed by atoms with E-state index in [0.29, 0.717) is 11.9 Å². The van der Waals surface area contributed by atoms with Crippen LogP contribution in [0.4, 0.5) is 0 Å². The summed E-state index contributed by atoms with van der Waals surface area (Å²) in [6.07, 6.45) is 0. The molecule has 1 aliphatic heterocycles. The summed E-state index contributed by atoms with van der Waals surface area (Å²) in [5.41, 5.74) is 8.07. The van der Waals surface area contributed by atoms with E-state index in [2.05, 4.69) is 22.3 Å². The van der Waals surface area contributed by atoms with E-state index < -0.39 is 0 Å². The minimum absolute atomic E-state index is 0.335. The van der Waals surface area contributed by atoms with Gasteiger partial charge in [-0.25, -0.2) is 0 Å². The summed E-state index contributed by atoms with van der Waals surface area (Å²) >= 11 is 1.84. The SMILES string of the molecule is CC1CNC(CN=[N+]=[N-])SC1. The van der Waals surface area contributed by atoms with Crippen molar-refractivity contribution in [3.8, 4) is 0 Å². The largest absolute Gasteiger partial charge is 0.305 e. The highest BCUT2D eigenvalue weighted by Gasteiger charge is 2.16. The molecule has 1 heterocycles. The molecule has 1 N–H and O–H groups in total. The van der Waals surface area contributed by atoms with Gasteiger partial charge in [0.15, 0.2) is 0 Å². The Morgan fingerprint density at radius 3 is 3.18 bits per heavy atom. The molecule has 2 unspecified atom stereocenters. The normalized spacial score (nSPS) is 31.0. The van der Waals surface area contributed by atoms with Crippen molar-refractivity contribution >= 4 is 11.8 Å². The van der Waals surface area contributed by atoms with E-state index in [-0.39, 0.29) is 0 Å². The molecular formula is C6H12N4S. The molecular weight excluding hydrogens is 160 g/mol. The first-order valence-electron chi connectivity index (χ1n) is 3.68. The number of azide groups is 1. The molecule has 0 amide bonds. The number of hydrogen-bond donors (Lipinski definition) is 1. The van der Waals surface area contributed by atoms with Crippen molar-refractivity contribution in [2.24, 2.45) is 11.0 Å². The quantitative estimate of drug-likeness (QED) is 0.390. The van der Waals surface area contributed by atoms with Crippen molar-refractivity contribution in [1.29, 1.82) is 0 Å². The zero-order valence-corrected chi connectivity index (χ0v) is 7.34. The van der Waals surface area contributed by atoms with Gasteiger partial charge >= 0.3 is 0 Å². The molecule has 0 radical (unpaired) electrons. The Morgan fingerprint density at radius 1 is 1.82 bits per heavy atom. The molecule has 0 saturated carbocycles. The van der Waals surface area contributed by atoms with Gasteiger partial charge in [-0.05, 0) is 23.7 Å². The number of nitrogens with zero attached hydrogens (tertiary/aromatic N) is 3. The van der Waals surface area contributed by atoms with Crippen LogP contribution in [-0.2, 0) is 0 Å². The zero-order chi connectivity index (χ0) is 8.10. The predicted molar refractivity (Wildman–Crippen MR) is 47.4 cm³/mol. The Hall–Kier alpha value is -0.380. The average Bonchev–Trinajstić information content (AvgIpc) is 2.04. The molecule has 4 nitrogen and oxygen atoms in total. The molecule has 1 rings (SSSR count). The van der Waals surface area contributed by atoms with Gasteiger partial charge in [0.05, 0.1) is 11.9 Å². The number of nitrogens with one attached hydrogen (secondary N) is 1. The van der Waals surface area contributed by atoms with Crippen molar-refractivity contribution in [3.05, 3.63) is 10.4 Å². The highest BCUT2D eigenvalue weighted by atomic mass is 32.2. The van der Waals surface area contributed by atoms with Crippen LogP contribution in [-0.4, -0.2) is 24.2 Å². The van der Waals surface area contributed by atoms with Crippen LogP contribution >= 0.6 is 11.8 Å². The van der Waals surface area contributed by atoms with Gasteiger partial charge in [0.2, 0.25) is 0 Å². The second kappa shape index (κ2) is 4.49. The van der Waals surface area contributed by atoms with Crippen molar-refractivity contribution in [2.75, 3.05) is 18.8 Å². The molecule has 1 saturated heterocycles. The summed E-state index contributed by atoms with van der Waals surface area (Å²) in [7, 11) is 0. The van der Waals surface area contributed by atoms with Crippen LogP contribution in [0.3, 0.4) is 0 Å². The van der Waals surface area contributed by atoms with Crippen LogP contribution in [0.1, 0.15) is 6.92 Å². The van der Waals surface area contributed by atoms with E-state index in [1.165, 1.54) is 5.75 Å². The van der Waals surface area contributed by atoms with Gasteiger partial charge in [-0.2, -0.15) is 0 Å². The van der Waals surface area contributed by atoms with Gasteiger partial charge in [0.1, 0.15) is 0 Å². The monoisotopic (exact) mass is 172 g/mol. The Kier molecular flexibility index (Phi) is 3.56. The molecule has 11 heavy (non-hydrogen) atoms. The lowest BCUT2D eigenvalue weighted by Crippen LogP contribution is -2.38. The molecule has 1 fully saturated rings. The van der Waals surface area contributed by atoms with Gasteiger partial charge in [-0.15, -0.1) is 11.8 Å². The number of thioether (sulfide) groups is 1. The summed E-state index contributed by atoms with van der Waals surface area (Å²) in [5.74, 6) is 1.90. The maximum atomic E-state index is 8.07. The van der Waals surface area contributed by atoms with Gasteiger partial charge < -0.3 is 5.32 Å². The molecule has 2 atom stereocenters. The van der Waals surface area contributed by atoms with Crippen LogP contribution in [0.5, 0.6) is 0 Å². The van der Waals surface area contributed by atoms with Gasteiger partial charge in [0, 0.05) is 4.91 Å². The third-order valence-corrected chi connectivity index (χ3v) is 3.07. The summed E-state index contributed by atoms with van der Waals surface area (Å²) in [4.78, 5) is 2.72. The molecule has 0 aromatic carbocycles. The smallest absolute Gasteiger partial charge is 0.0588 e. The summed E-state index contributed by atoms with van der Waals surface area (Å²) in [5, 5.41) is 7.15. The third-order valence-electron chi connectivity index (χ3n) is 1.59. The standard InChI is InChI=1S/C6H12N4S/c1-5-2-8-6(11-4-5)3-9-10-7/h5-6,8H,2-4H2,1H3. The minimum atomic E-state index is 0.335. The molecule has 0 aromatic rings. The van der Waals surface area contributed by atoms with Crippen molar-refractivity contribution in [3.63, 3.8) is 0 Å². The topological polar surface area (TPSA) is 60.8 Å². The first-order chi connectivity index (χ1) is 5.33. The van der Waals surface area contributed by atoms with Gasteiger partial charge in [-0.3, -0.25) is 0 Å².